The van der Waals surface area contributed by atoms with Crippen molar-refractivity contribution in [2.75, 3.05) is 11.6 Å². The highest BCUT2D eigenvalue weighted by atomic mass is 32.2. The van der Waals surface area contributed by atoms with E-state index in [1.165, 1.54) is 30.3 Å². The molecule has 0 radical (unpaired) electrons. The summed E-state index contributed by atoms with van der Waals surface area (Å²) in [6, 6.07) is 8.38. The van der Waals surface area contributed by atoms with Gasteiger partial charge in [-0.2, -0.15) is 0 Å². The van der Waals surface area contributed by atoms with Crippen molar-refractivity contribution in [2.45, 2.75) is 30.2 Å². The lowest BCUT2D eigenvalue weighted by molar-refractivity contribution is -0.386. The molecule has 8 heteroatoms. The monoisotopic (exact) mass is 364 g/mol. The molecule has 1 unspecified atom stereocenters. The molecule has 0 amide bonds. The first-order chi connectivity index (χ1) is 11.8. The lowest BCUT2D eigenvalue weighted by Gasteiger charge is -2.27. The number of aryl methyl sites for hydroxylation is 1. The molecule has 3 rings (SSSR count). The van der Waals surface area contributed by atoms with Crippen LogP contribution in [0.1, 0.15) is 30.0 Å². The van der Waals surface area contributed by atoms with Crippen molar-refractivity contribution in [1.29, 1.82) is 0 Å². The third-order valence-corrected chi connectivity index (χ3v) is 5.46. The smallest absolute Gasteiger partial charge is 0.310 e. The van der Waals surface area contributed by atoms with Gasteiger partial charge in [0.1, 0.15) is 16.4 Å². The molecule has 0 saturated heterocycles. The van der Waals surface area contributed by atoms with Gasteiger partial charge in [0.15, 0.2) is 9.84 Å². The molecule has 0 aliphatic heterocycles. The van der Waals surface area contributed by atoms with Gasteiger partial charge in [-0.05, 0) is 54.7 Å². The summed E-state index contributed by atoms with van der Waals surface area (Å²) in [6.45, 7) is 0. The normalized spacial score (nSPS) is 17.0. The number of para-hydroxylation sites is 1. The molecule has 6 nitrogen and oxygen atoms in total. The fraction of sp³-hybridized carbons (Fsp3) is 0.294. The number of benzene rings is 2. The van der Waals surface area contributed by atoms with Crippen molar-refractivity contribution in [3.63, 3.8) is 0 Å². The van der Waals surface area contributed by atoms with Gasteiger partial charge >= 0.3 is 5.69 Å². The van der Waals surface area contributed by atoms with E-state index in [0.29, 0.717) is 6.42 Å². The molecular formula is C17H17FN2O4S. The summed E-state index contributed by atoms with van der Waals surface area (Å²) in [5, 5.41) is 14.5. The molecular weight excluding hydrogens is 347 g/mol. The summed E-state index contributed by atoms with van der Waals surface area (Å²) < 4.78 is 37.3. The third kappa shape index (κ3) is 3.48. The number of sulfone groups is 1. The molecule has 2 aromatic carbocycles. The molecule has 0 bridgehead atoms. The summed E-state index contributed by atoms with van der Waals surface area (Å²) in [7, 11) is -3.75. The fourth-order valence-corrected chi connectivity index (χ4v) is 4.10. The maximum absolute atomic E-state index is 13.6. The van der Waals surface area contributed by atoms with Gasteiger partial charge < -0.3 is 5.32 Å². The van der Waals surface area contributed by atoms with Crippen molar-refractivity contribution in [3.8, 4) is 0 Å². The van der Waals surface area contributed by atoms with Crippen molar-refractivity contribution >= 4 is 21.2 Å². The standard InChI is InChI=1S/C17H17FN2O4S/c1-25(23,24)16-7-3-6-15(17(16)20(21)22)19-14-5-2-4-11-8-9-12(18)10-13(11)14/h3,6-10,14,19H,2,4-5H2,1H3. The Hall–Kier alpha value is -2.48. The van der Waals surface area contributed by atoms with Crippen LogP contribution in [0.5, 0.6) is 0 Å². The highest BCUT2D eigenvalue weighted by Gasteiger charge is 2.29. The molecule has 0 spiro atoms. The van der Waals surface area contributed by atoms with Gasteiger partial charge in [-0.3, -0.25) is 10.1 Å². The Kier molecular flexibility index (Phi) is 4.47. The van der Waals surface area contributed by atoms with E-state index in [2.05, 4.69) is 5.32 Å². The molecule has 1 aliphatic rings. The van der Waals surface area contributed by atoms with Gasteiger partial charge in [0.05, 0.1) is 11.0 Å². The van der Waals surface area contributed by atoms with Crippen LogP contribution >= 0.6 is 0 Å². The zero-order valence-electron chi connectivity index (χ0n) is 13.5. The van der Waals surface area contributed by atoms with Crippen molar-refractivity contribution < 1.29 is 17.7 Å². The quantitative estimate of drug-likeness (QED) is 0.661. The maximum atomic E-state index is 13.6. The van der Waals surface area contributed by atoms with E-state index in [0.717, 1.165) is 30.2 Å². The van der Waals surface area contributed by atoms with Crippen LogP contribution < -0.4 is 5.32 Å². The number of fused-ring (bicyclic) bond motifs is 1. The first-order valence-corrected chi connectivity index (χ1v) is 9.69. The van der Waals surface area contributed by atoms with Crippen LogP contribution in [0.2, 0.25) is 0 Å². The number of nitrogens with one attached hydrogen (secondary N) is 1. The van der Waals surface area contributed by atoms with E-state index in [9.17, 15) is 22.9 Å². The van der Waals surface area contributed by atoms with Crippen LogP contribution in [0.4, 0.5) is 15.8 Å². The molecule has 1 atom stereocenters. The molecule has 0 saturated carbocycles. The number of hydrogen-bond donors (Lipinski definition) is 1. The van der Waals surface area contributed by atoms with Crippen LogP contribution in [0.15, 0.2) is 41.3 Å². The van der Waals surface area contributed by atoms with Gasteiger partial charge in [-0.1, -0.05) is 12.1 Å². The highest BCUT2D eigenvalue weighted by Crippen LogP contribution is 2.38. The van der Waals surface area contributed by atoms with Gasteiger partial charge in [0, 0.05) is 6.26 Å². The molecule has 0 heterocycles. The molecule has 132 valence electrons. The van der Waals surface area contributed by atoms with Gasteiger partial charge in [0.25, 0.3) is 0 Å². The van der Waals surface area contributed by atoms with Crippen LogP contribution in [-0.4, -0.2) is 19.6 Å². The minimum Gasteiger partial charge on any atom is -0.373 e. The Balaban J connectivity index is 2.06. The minimum atomic E-state index is -3.75. The molecule has 2 aromatic rings. The van der Waals surface area contributed by atoms with Gasteiger partial charge in [-0.25, -0.2) is 12.8 Å². The van der Waals surface area contributed by atoms with Gasteiger partial charge in [0.2, 0.25) is 0 Å². The second kappa shape index (κ2) is 6.44. The topological polar surface area (TPSA) is 89.3 Å². The number of halogens is 1. The molecule has 0 fully saturated rings. The number of nitro benzene ring substituents is 1. The fourth-order valence-electron chi connectivity index (χ4n) is 3.23. The third-order valence-electron chi connectivity index (χ3n) is 4.33. The SMILES string of the molecule is CS(=O)(=O)c1cccc(NC2CCCc3ccc(F)cc32)c1[N+](=O)[O-]. The summed E-state index contributed by atoms with van der Waals surface area (Å²) in [6.07, 6.45) is 3.29. The zero-order valence-corrected chi connectivity index (χ0v) is 14.3. The number of rotatable bonds is 4. The number of nitro groups is 1. The Bertz CT molecular complexity index is 944. The lowest BCUT2D eigenvalue weighted by atomic mass is 9.87. The number of nitrogens with zero attached hydrogens (tertiary/aromatic N) is 1. The van der Waals surface area contributed by atoms with E-state index in [-0.39, 0.29) is 22.4 Å². The van der Waals surface area contributed by atoms with Crippen LogP contribution in [0, 0.1) is 15.9 Å². The molecule has 0 aromatic heterocycles. The Labute approximate surface area is 144 Å². The number of anilines is 1. The zero-order chi connectivity index (χ0) is 18.2. The van der Waals surface area contributed by atoms with Crippen molar-refractivity contribution in [3.05, 3.63) is 63.5 Å². The molecule has 1 aliphatic carbocycles. The summed E-state index contributed by atoms with van der Waals surface area (Å²) in [4.78, 5) is 10.4. The molecule has 25 heavy (non-hydrogen) atoms. The second-order valence-electron chi connectivity index (χ2n) is 6.11. The summed E-state index contributed by atoms with van der Waals surface area (Å²) in [5.41, 5.74) is 1.39. The summed E-state index contributed by atoms with van der Waals surface area (Å²) >= 11 is 0. The number of hydrogen-bond acceptors (Lipinski definition) is 5. The average molecular weight is 364 g/mol. The van der Waals surface area contributed by atoms with E-state index >= 15 is 0 Å². The van der Waals surface area contributed by atoms with E-state index in [1.807, 2.05) is 0 Å². The van der Waals surface area contributed by atoms with Crippen LogP contribution in [-0.2, 0) is 16.3 Å². The lowest BCUT2D eigenvalue weighted by Crippen LogP contribution is -2.18. The predicted molar refractivity (Wildman–Crippen MR) is 91.9 cm³/mol. The predicted octanol–water partition coefficient (Wildman–Crippen LogP) is 3.63. The first kappa shape index (κ1) is 17.3. The first-order valence-electron chi connectivity index (χ1n) is 7.79. The Morgan fingerprint density at radius 2 is 2.04 bits per heavy atom. The van der Waals surface area contributed by atoms with E-state index in [1.54, 1.807) is 6.07 Å². The van der Waals surface area contributed by atoms with E-state index in [4.69, 9.17) is 0 Å². The Morgan fingerprint density at radius 1 is 1.28 bits per heavy atom. The van der Waals surface area contributed by atoms with Gasteiger partial charge in [-0.15, -0.1) is 0 Å². The maximum Gasteiger partial charge on any atom is 0.310 e. The van der Waals surface area contributed by atoms with Crippen molar-refractivity contribution in [2.24, 2.45) is 0 Å². The summed E-state index contributed by atoms with van der Waals surface area (Å²) in [5.74, 6) is -0.369. The van der Waals surface area contributed by atoms with Crippen molar-refractivity contribution in [1.82, 2.24) is 0 Å². The van der Waals surface area contributed by atoms with E-state index < -0.39 is 20.4 Å². The van der Waals surface area contributed by atoms with Crippen LogP contribution in [0.3, 0.4) is 0 Å². The van der Waals surface area contributed by atoms with Crippen LogP contribution in [0.25, 0.3) is 0 Å². The average Bonchev–Trinajstić information content (AvgIpc) is 2.54. The Morgan fingerprint density at radius 3 is 2.72 bits per heavy atom. The largest absolute Gasteiger partial charge is 0.373 e. The highest BCUT2D eigenvalue weighted by molar-refractivity contribution is 7.90. The molecule has 1 N–H and O–H groups in total. The second-order valence-corrected chi connectivity index (χ2v) is 8.10. The minimum absolute atomic E-state index is 0.120.